The molecule has 1 atom stereocenters. The van der Waals surface area contributed by atoms with Crippen LogP contribution in [0.3, 0.4) is 0 Å². The Kier molecular flexibility index (Phi) is 5.15. The lowest BCUT2D eigenvalue weighted by molar-refractivity contribution is 0.0897. The van der Waals surface area contributed by atoms with Crippen LogP contribution in [0.25, 0.3) is 21.9 Å². The smallest absolute Gasteiger partial charge is 0.270 e. The van der Waals surface area contributed by atoms with Crippen LogP contribution in [0.4, 0.5) is 0 Å². The number of furan rings is 1. The minimum Gasteiger partial charge on any atom is -0.458 e. The molecule has 0 saturated carbocycles. The fourth-order valence-corrected chi connectivity index (χ4v) is 4.01. The quantitative estimate of drug-likeness (QED) is 0.500. The van der Waals surface area contributed by atoms with E-state index in [9.17, 15) is 9.90 Å². The zero-order chi connectivity index (χ0) is 18.6. The van der Waals surface area contributed by atoms with E-state index in [-0.39, 0.29) is 12.5 Å². The molecule has 1 unspecified atom stereocenters. The van der Waals surface area contributed by atoms with Crippen LogP contribution in [-0.2, 0) is 0 Å². The van der Waals surface area contributed by atoms with Crippen LogP contribution < -0.4 is 5.32 Å². The first-order valence-electron chi connectivity index (χ1n) is 8.30. The Morgan fingerprint density at radius 1 is 1.11 bits per heavy atom. The molecule has 2 N–H and O–H groups in total. The molecular weight excluding hydrogens is 380 g/mol. The van der Waals surface area contributed by atoms with Crippen molar-refractivity contribution >= 4 is 28.6 Å². The van der Waals surface area contributed by atoms with Gasteiger partial charge in [-0.15, -0.1) is 11.3 Å². The average molecular weight is 396 g/mol. The Hall–Kier alpha value is -2.74. The highest BCUT2D eigenvalue weighted by Crippen LogP contribution is 2.27. The van der Waals surface area contributed by atoms with Gasteiger partial charge in [0.1, 0.15) is 28.3 Å². The van der Waals surface area contributed by atoms with Gasteiger partial charge in [0.05, 0.1) is 6.54 Å². The molecule has 0 bridgehead atoms. The molecule has 0 radical (unpaired) electrons. The molecule has 5 nitrogen and oxygen atoms in total. The summed E-state index contributed by atoms with van der Waals surface area (Å²) in [6.07, 6.45) is -0.923. The van der Waals surface area contributed by atoms with Gasteiger partial charge >= 0.3 is 0 Å². The van der Waals surface area contributed by atoms with Gasteiger partial charge in [-0.3, -0.25) is 4.79 Å². The highest BCUT2D eigenvalue weighted by atomic mass is 32.1. The van der Waals surface area contributed by atoms with Crippen molar-refractivity contribution in [1.29, 1.82) is 0 Å². The summed E-state index contributed by atoms with van der Waals surface area (Å²) < 4.78 is 5.68. The zero-order valence-electron chi connectivity index (χ0n) is 14.2. The average Bonchev–Trinajstić information content (AvgIpc) is 3.47. The van der Waals surface area contributed by atoms with Crippen molar-refractivity contribution in [3.05, 3.63) is 76.1 Å². The lowest BCUT2D eigenvalue weighted by Gasteiger charge is -2.08. The highest BCUT2D eigenvalue weighted by Gasteiger charge is 2.17. The summed E-state index contributed by atoms with van der Waals surface area (Å²) in [5.74, 6) is 0.792. The van der Waals surface area contributed by atoms with E-state index in [1.54, 1.807) is 22.8 Å². The fraction of sp³-hybridized carbons (Fsp3) is 0.100. The molecule has 0 aliphatic carbocycles. The topological polar surface area (TPSA) is 75.4 Å². The molecule has 27 heavy (non-hydrogen) atoms. The third-order valence-corrected chi connectivity index (χ3v) is 5.55. The van der Waals surface area contributed by atoms with E-state index in [2.05, 4.69) is 10.3 Å². The maximum absolute atomic E-state index is 12.3. The van der Waals surface area contributed by atoms with Crippen LogP contribution in [-0.4, -0.2) is 22.5 Å². The largest absolute Gasteiger partial charge is 0.458 e. The number of thiazole rings is 1. The predicted molar refractivity (Wildman–Crippen MR) is 107 cm³/mol. The molecule has 136 valence electrons. The van der Waals surface area contributed by atoms with E-state index in [1.807, 2.05) is 53.2 Å². The number of benzene rings is 1. The van der Waals surface area contributed by atoms with Gasteiger partial charge < -0.3 is 14.8 Å². The van der Waals surface area contributed by atoms with Gasteiger partial charge in [0.15, 0.2) is 0 Å². The summed E-state index contributed by atoms with van der Waals surface area (Å²) in [5.41, 5.74) is 2.28. The number of aliphatic hydroxyl groups is 1. The van der Waals surface area contributed by atoms with Gasteiger partial charge in [-0.2, -0.15) is 11.3 Å². The highest BCUT2D eigenvalue weighted by molar-refractivity contribution is 7.13. The molecule has 1 aromatic carbocycles. The van der Waals surface area contributed by atoms with Crippen molar-refractivity contribution in [2.45, 2.75) is 6.10 Å². The van der Waals surface area contributed by atoms with Crippen LogP contribution in [0.15, 0.2) is 69.1 Å². The number of aliphatic hydroxyl groups excluding tert-OH is 1. The Morgan fingerprint density at radius 2 is 1.96 bits per heavy atom. The Bertz CT molecular complexity index is 1020. The number of aromatic nitrogens is 1. The summed E-state index contributed by atoms with van der Waals surface area (Å²) >= 11 is 2.99. The van der Waals surface area contributed by atoms with Crippen molar-refractivity contribution in [1.82, 2.24) is 10.3 Å². The second-order valence-corrected chi connectivity index (χ2v) is 7.48. The number of amides is 1. The van der Waals surface area contributed by atoms with Crippen molar-refractivity contribution in [2.75, 3.05) is 6.54 Å². The standard InChI is InChI=1S/C20H16N2O3S2/c23-16(18-7-6-17(25-18)14-8-9-26-11-14)10-21-19(24)15-12-27-20(22-15)13-4-2-1-3-5-13/h1-9,11-12,16,23H,10H2,(H,21,24). The number of nitrogens with zero attached hydrogens (tertiary/aromatic N) is 1. The molecule has 3 heterocycles. The second-order valence-electron chi connectivity index (χ2n) is 5.84. The van der Waals surface area contributed by atoms with Crippen LogP contribution in [0.2, 0.25) is 0 Å². The molecule has 3 aromatic heterocycles. The monoisotopic (exact) mass is 396 g/mol. The van der Waals surface area contributed by atoms with E-state index < -0.39 is 6.10 Å². The van der Waals surface area contributed by atoms with Crippen LogP contribution in [0.1, 0.15) is 22.4 Å². The van der Waals surface area contributed by atoms with Crippen LogP contribution in [0.5, 0.6) is 0 Å². The van der Waals surface area contributed by atoms with Crippen molar-refractivity contribution < 1.29 is 14.3 Å². The molecule has 1 amide bonds. The Labute approximate surface area is 163 Å². The lowest BCUT2D eigenvalue weighted by atomic mass is 10.2. The minimum absolute atomic E-state index is 0.0492. The van der Waals surface area contributed by atoms with E-state index in [0.717, 1.165) is 16.1 Å². The second kappa shape index (κ2) is 7.87. The summed E-state index contributed by atoms with van der Waals surface area (Å²) in [6.45, 7) is 0.0492. The maximum Gasteiger partial charge on any atom is 0.270 e. The number of carbonyl (C=O) groups is 1. The molecule has 0 aliphatic rings. The summed E-state index contributed by atoms with van der Waals surface area (Å²) in [6, 6.07) is 15.2. The molecule has 4 rings (SSSR count). The number of nitrogens with one attached hydrogen (secondary N) is 1. The zero-order valence-corrected chi connectivity index (χ0v) is 15.8. The number of thiophene rings is 1. The molecule has 0 saturated heterocycles. The van der Waals surface area contributed by atoms with Crippen molar-refractivity contribution in [2.24, 2.45) is 0 Å². The van der Waals surface area contributed by atoms with Crippen molar-refractivity contribution in [3.63, 3.8) is 0 Å². The summed E-state index contributed by atoms with van der Waals surface area (Å²) in [5, 5.41) is 19.4. The van der Waals surface area contributed by atoms with E-state index in [4.69, 9.17) is 4.42 Å². The SMILES string of the molecule is O=C(NCC(O)c1ccc(-c2ccsc2)o1)c1csc(-c2ccccc2)n1. The third kappa shape index (κ3) is 4.00. The molecule has 0 aliphatic heterocycles. The van der Waals surface area contributed by atoms with Gasteiger partial charge in [0.25, 0.3) is 5.91 Å². The van der Waals surface area contributed by atoms with E-state index >= 15 is 0 Å². The first-order valence-corrected chi connectivity index (χ1v) is 10.1. The Balaban J connectivity index is 1.37. The lowest BCUT2D eigenvalue weighted by Crippen LogP contribution is -2.28. The van der Waals surface area contributed by atoms with Gasteiger partial charge in [-0.05, 0) is 23.6 Å². The summed E-state index contributed by atoms with van der Waals surface area (Å²) in [4.78, 5) is 16.7. The van der Waals surface area contributed by atoms with Crippen LogP contribution >= 0.6 is 22.7 Å². The first-order chi connectivity index (χ1) is 13.2. The molecule has 4 aromatic rings. The van der Waals surface area contributed by atoms with Gasteiger partial charge in [0, 0.05) is 21.9 Å². The van der Waals surface area contributed by atoms with E-state index in [1.165, 1.54) is 11.3 Å². The van der Waals surface area contributed by atoms with Crippen LogP contribution in [0, 0.1) is 0 Å². The molecule has 0 spiro atoms. The Morgan fingerprint density at radius 3 is 2.74 bits per heavy atom. The number of hydrogen-bond donors (Lipinski definition) is 2. The van der Waals surface area contributed by atoms with Gasteiger partial charge in [0.2, 0.25) is 0 Å². The predicted octanol–water partition coefficient (Wildman–Crippen LogP) is 4.60. The van der Waals surface area contributed by atoms with Gasteiger partial charge in [-0.25, -0.2) is 4.98 Å². The fourth-order valence-electron chi connectivity index (χ4n) is 2.56. The molecule has 0 fully saturated rings. The molecular formula is C20H16N2O3S2. The number of hydrogen-bond acceptors (Lipinski definition) is 6. The number of carbonyl (C=O) groups excluding carboxylic acids is 1. The minimum atomic E-state index is -0.923. The number of rotatable bonds is 6. The maximum atomic E-state index is 12.3. The van der Waals surface area contributed by atoms with Crippen molar-refractivity contribution in [3.8, 4) is 21.9 Å². The van der Waals surface area contributed by atoms with Gasteiger partial charge in [-0.1, -0.05) is 30.3 Å². The first kappa shape index (κ1) is 17.7. The van der Waals surface area contributed by atoms with E-state index in [0.29, 0.717) is 17.2 Å². The molecule has 7 heteroatoms. The summed E-state index contributed by atoms with van der Waals surface area (Å²) in [7, 11) is 0. The third-order valence-electron chi connectivity index (χ3n) is 3.97. The normalized spacial score (nSPS) is 12.0.